The molecule has 1 aliphatic rings. The van der Waals surface area contributed by atoms with Gasteiger partial charge in [-0.05, 0) is 24.4 Å². The number of nitrogens with zero attached hydrogens (tertiary/aromatic N) is 2. The highest BCUT2D eigenvalue weighted by Gasteiger charge is 2.33. The van der Waals surface area contributed by atoms with Crippen LogP contribution in [0.4, 0.5) is 5.88 Å². The van der Waals surface area contributed by atoms with Gasteiger partial charge in [-0.25, -0.2) is 0 Å². The molecule has 0 aromatic carbocycles. The van der Waals surface area contributed by atoms with E-state index in [1.54, 1.807) is 0 Å². The van der Waals surface area contributed by atoms with Gasteiger partial charge >= 0.3 is 5.88 Å². The summed E-state index contributed by atoms with van der Waals surface area (Å²) in [7, 11) is 0. The van der Waals surface area contributed by atoms with Gasteiger partial charge in [0.05, 0.1) is 6.07 Å². The van der Waals surface area contributed by atoms with Crippen molar-refractivity contribution in [1.29, 1.82) is 0 Å². The monoisotopic (exact) mass is 307 g/mol. The van der Waals surface area contributed by atoms with Gasteiger partial charge < -0.3 is 4.42 Å². The molecule has 9 heteroatoms. The van der Waals surface area contributed by atoms with Crippen LogP contribution in [0.15, 0.2) is 34.8 Å². The van der Waals surface area contributed by atoms with Crippen molar-refractivity contribution in [3.63, 3.8) is 0 Å². The Labute approximate surface area is 123 Å². The maximum atomic E-state index is 12.2. The van der Waals surface area contributed by atoms with E-state index in [0.717, 1.165) is 17.0 Å². The lowest BCUT2D eigenvalue weighted by atomic mass is 10.1. The van der Waals surface area contributed by atoms with E-state index in [4.69, 9.17) is 16.6 Å². The number of nitro groups is 1. The molecule has 0 bridgehead atoms. The molecule has 0 saturated carbocycles. The van der Waals surface area contributed by atoms with Crippen molar-refractivity contribution < 1.29 is 18.9 Å². The highest BCUT2D eigenvalue weighted by Crippen LogP contribution is 2.20. The number of carbonyl (C=O) groups is 2. The van der Waals surface area contributed by atoms with Crippen molar-refractivity contribution in [3.05, 3.63) is 46.2 Å². The van der Waals surface area contributed by atoms with Gasteiger partial charge in [0, 0.05) is 6.54 Å². The average Bonchev–Trinajstić information content (AvgIpc) is 2.88. The summed E-state index contributed by atoms with van der Waals surface area (Å²) in [5.41, 5.74) is -0.227. The molecule has 8 nitrogen and oxygen atoms in total. The van der Waals surface area contributed by atoms with Crippen molar-refractivity contribution >= 4 is 41.1 Å². The number of furan rings is 1. The molecule has 1 fully saturated rings. The van der Waals surface area contributed by atoms with E-state index >= 15 is 0 Å². The zero-order valence-corrected chi connectivity index (χ0v) is 11.4. The predicted octanol–water partition coefficient (Wildman–Crippen LogP) is 1.00. The molecule has 21 heavy (non-hydrogen) atoms. The van der Waals surface area contributed by atoms with Gasteiger partial charge in [0.1, 0.15) is 16.3 Å². The van der Waals surface area contributed by atoms with E-state index in [1.165, 1.54) is 12.1 Å². The molecule has 0 aliphatic carbocycles. The van der Waals surface area contributed by atoms with Crippen molar-refractivity contribution in [2.75, 3.05) is 6.54 Å². The largest absolute Gasteiger partial charge is 0.433 e. The summed E-state index contributed by atoms with van der Waals surface area (Å²) in [5.74, 6) is -1.78. The summed E-state index contributed by atoms with van der Waals surface area (Å²) in [4.78, 5) is 34.9. The second-order valence-electron chi connectivity index (χ2n) is 3.95. The van der Waals surface area contributed by atoms with Gasteiger partial charge in [0.25, 0.3) is 11.8 Å². The summed E-state index contributed by atoms with van der Waals surface area (Å²) in [6, 6.07) is 2.42. The Bertz CT molecular complexity index is 691. The van der Waals surface area contributed by atoms with E-state index in [1.807, 2.05) is 0 Å². The van der Waals surface area contributed by atoms with Gasteiger partial charge in [-0.15, -0.1) is 6.58 Å². The number of carbonyl (C=O) groups excluding carboxylic acids is 2. The second-order valence-corrected chi connectivity index (χ2v) is 4.34. The summed E-state index contributed by atoms with van der Waals surface area (Å²) in [5, 5.41) is 12.9. The third kappa shape index (κ3) is 2.87. The van der Waals surface area contributed by atoms with Crippen molar-refractivity contribution in [3.8, 4) is 0 Å². The average molecular weight is 307 g/mol. The quantitative estimate of drug-likeness (QED) is 0.222. The summed E-state index contributed by atoms with van der Waals surface area (Å²) < 4.78 is 4.89. The highest BCUT2D eigenvalue weighted by molar-refractivity contribution is 7.80. The van der Waals surface area contributed by atoms with E-state index in [0.29, 0.717) is 0 Å². The predicted molar refractivity (Wildman–Crippen MR) is 76.0 cm³/mol. The van der Waals surface area contributed by atoms with Crippen LogP contribution in [0.1, 0.15) is 5.76 Å². The van der Waals surface area contributed by atoms with Gasteiger partial charge in [0.2, 0.25) is 0 Å². The number of rotatable bonds is 4. The van der Waals surface area contributed by atoms with E-state index in [-0.39, 0.29) is 23.0 Å². The van der Waals surface area contributed by atoms with Crippen LogP contribution in [0, 0.1) is 10.1 Å². The van der Waals surface area contributed by atoms with E-state index in [9.17, 15) is 19.7 Å². The van der Waals surface area contributed by atoms with Gasteiger partial charge in [-0.3, -0.25) is 29.9 Å². The Hall–Kier alpha value is -2.81. The highest BCUT2D eigenvalue weighted by atomic mass is 32.1. The number of nitrogens with one attached hydrogen (secondary N) is 1. The summed E-state index contributed by atoms with van der Waals surface area (Å²) in [6.07, 6.45) is 2.58. The van der Waals surface area contributed by atoms with Crippen LogP contribution in [0.5, 0.6) is 0 Å². The molecule has 2 heterocycles. The van der Waals surface area contributed by atoms with Gasteiger partial charge in [-0.1, -0.05) is 6.08 Å². The molecule has 2 rings (SSSR count). The summed E-state index contributed by atoms with van der Waals surface area (Å²) >= 11 is 4.89. The summed E-state index contributed by atoms with van der Waals surface area (Å²) in [6.45, 7) is 3.63. The molecular formula is C12H9N3O5S. The van der Waals surface area contributed by atoms with E-state index in [2.05, 4.69) is 11.9 Å². The first kappa shape index (κ1) is 14.6. The van der Waals surface area contributed by atoms with Gasteiger partial charge in [-0.2, -0.15) is 0 Å². The first-order valence-corrected chi connectivity index (χ1v) is 6.09. The van der Waals surface area contributed by atoms with Crippen LogP contribution < -0.4 is 5.32 Å². The Morgan fingerprint density at radius 2 is 2.19 bits per heavy atom. The fourth-order valence-corrected chi connectivity index (χ4v) is 1.90. The standard InChI is InChI=1S/C12H9N3O5S/c1-2-5-14-11(17)8(10(16)13-12(14)21)6-7-3-4-9(20-7)15(18)19/h2-4,6H,1,5H2,(H,13,16,21). The zero-order valence-electron chi connectivity index (χ0n) is 10.6. The normalized spacial score (nSPS) is 17.0. The van der Waals surface area contributed by atoms with Crippen LogP contribution in [-0.4, -0.2) is 33.3 Å². The van der Waals surface area contributed by atoms with Crippen molar-refractivity contribution in [2.24, 2.45) is 0 Å². The molecule has 0 radical (unpaired) electrons. The van der Waals surface area contributed by atoms with Gasteiger partial charge in [0.15, 0.2) is 5.11 Å². The number of hydrogen-bond donors (Lipinski definition) is 1. The van der Waals surface area contributed by atoms with Crippen LogP contribution in [0.2, 0.25) is 0 Å². The maximum absolute atomic E-state index is 12.2. The smallest absolute Gasteiger partial charge is 0.401 e. The van der Waals surface area contributed by atoms with Crippen molar-refractivity contribution in [2.45, 2.75) is 0 Å². The third-order valence-corrected chi connectivity index (χ3v) is 2.90. The molecule has 1 aromatic rings. The van der Waals surface area contributed by atoms with Crippen molar-refractivity contribution in [1.82, 2.24) is 10.2 Å². The molecule has 0 unspecified atom stereocenters. The molecule has 0 spiro atoms. The minimum absolute atomic E-state index is 0.0200. The minimum atomic E-state index is -0.718. The van der Waals surface area contributed by atoms with Crippen LogP contribution in [0.25, 0.3) is 6.08 Å². The van der Waals surface area contributed by atoms with Crippen LogP contribution >= 0.6 is 12.2 Å². The molecule has 2 amide bonds. The molecule has 1 aliphatic heterocycles. The number of thiocarbonyl (C=S) groups is 1. The Morgan fingerprint density at radius 1 is 1.48 bits per heavy atom. The molecule has 108 valence electrons. The Morgan fingerprint density at radius 3 is 2.76 bits per heavy atom. The maximum Gasteiger partial charge on any atom is 0.433 e. The molecule has 1 N–H and O–H groups in total. The minimum Gasteiger partial charge on any atom is -0.401 e. The molecule has 1 aromatic heterocycles. The first-order chi connectivity index (χ1) is 9.93. The lowest BCUT2D eigenvalue weighted by Gasteiger charge is -2.27. The fourth-order valence-electron chi connectivity index (χ4n) is 1.65. The first-order valence-electron chi connectivity index (χ1n) is 5.68. The number of hydrogen-bond acceptors (Lipinski definition) is 6. The number of amides is 2. The van der Waals surface area contributed by atoms with Crippen LogP contribution in [-0.2, 0) is 9.59 Å². The Balaban J connectivity index is 2.35. The molecular weight excluding hydrogens is 298 g/mol. The van der Waals surface area contributed by atoms with E-state index < -0.39 is 22.6 Å². The topological polar surface area (TPSA) is 106 Å². The molecule has 0 atom stereocenters. The SMILES string of the molecule is C=CCN1C(=O)C(=Cc2ccc([N+](=O)[O-])o2)C(=O)NC1=S. The van der Waals surface area contributed by atoms with Crippen LogP contribution in [0.3, 0.4) is 0 Å². The lowest BCUT2D eigenvalue weighted by molar-refractivity contribution is -0.402. The molecule has 1 saturated heterocycles. The Kier molecular flexibility index (Phi) is 3.94. The third-order valence-electron chi connectivity index (χ3n) is 2.58. The zero-order chi connectivity index (χ0) is 15.6. The lowest BCUT2D eigenvalue weighted by Crippen LogP contribution is -2.53. The fraction of sp³-hybridized carbons (Fsp3) is 0.0833. The second kappa shape index (κ2) is 5.67.